The topological polar surface area (TPSA) is 54.0 Å². The minimum Gasteiger partial charge on any atom is -0.378 e. The average molecular weight is 400 g/mol. The number of morpholine rings is 2. The van der Waals surface area contributed by atoms with Gasteiger partial charge in [0.15, 0.2) is 0 Å². The summed E-state index contributed by atoms with van der Waals surface area (Å²) in [5.74, 6) is -0.125. The van der Waals surface area contributed by atoms with Crippen molar-refractivity contribution >= 4 is 40.4 Å². The molecule has 0 radical (unpaired) electrons. The first-order valence-electron chi connectivity index (χ1n) is 9.60. The van der Waals surface area contributed by atoms with Crippen LogP contribution in [0.4, 0.5) is 17.1 Å². The summed E-state index contributed by atoms with van der Waals surface area (Å²) in [7, 11) is 0. The van der Waals surface area contributed by atoms with Crippen LogP contribution < -0.4 is 15.1 Å². The van der Waals surface area contributed by atoms with E-state index in [2.05, 4.69) is 27.2 Å². The molecule has 2 aliphatic heterocycles. The van der Waals surface area contributed by atoms with E-state index in [1.165, 1.54) is 0 Å². The van der Waals surface area contributed by atoms with Crippen LogP contribution in [0.15, 0.2) is 41.1 Å². The van der Waals surface area contributed by atoms with Gasteiger partial charge < -0.3 is 24.6 Å². The third-order valence-corrected chi connectivity index (χ3v) is 5.64. The van der Waals surface area contributed by atoms with Crippen molar-refractivity contribution in [2.75, 3.05) is 67.7 Å². The molecule has 4 rings (SSSR count). The Bertz CT molecular complexity index is 810. The number of amides is 1. The third-order valence-electron chi connectivity index (χ3n) is 4.94. The summed E-state index contributed by atoms with van der Waals surface area (Å²) in [5.41, 5.74) is 4.08. The number of benzene rings is 1. The number of ether oxygens (including phenoxy) is 2. The van der Waals surface area contributed by atoms with E-state index in [0.717, 1.165) is 62.0 Å². The smallest absolute Gasteiger partial charge is 0.248 e. The molecule has 2 aromatic rings. The number of anilines is 3. The number of hydrogen-bond acceptors (Lipinski definition) is 6. The molecule has 0 bridgehead atoms. The van der Waals surface area contributed by atoms with Gasteiger partial charge in [-0.2, -0.15) is 11.3 Å². The summed E-state index contributed by atoms with van der Waals surface area (Å²) in [6.45, 7) is 6.31. The summed E-state index contributed by atoms with van der Waals surface area (Å²) in [6, 6.07) is 8.25. The molecular weight excluding hydrogens is 374 g/mol. The lowest BCUT2D eigenvalue weighted by Gasteiger charge is -2.33. The van der Waals surface area contributed by atoms with E-state index >= 15 is 0 Å². The van der Waals surface area contributed by atoms with Gasteiger partial charge >= 0.3 is 0 Å². The first kappa shape index (κ1) is 19.0. The average Bonchev–Trinajstić information content (AvgIpc) is 3.28. The SMILES string of the molecule is O=C(/C=C/c1ccsc1)Nc1ccc(N2CCOCC2)cc1N1CCOCC1. The van der Waals surface area contributed by atoms with Gasteiger partial charge in [-0.05, 0) is 46.7 Å². The lowest BCUT2D eigenvalue weighted by atomic mass is 10.1. The number of rotatable bonds is 5. The Balaban J connectivity index is 1.54. The Hall–Kier alpha value is -2.35. The molecule has 1 N–H and O–H groups in total. The zero-order valence-electron chi connectivity index (χ0n) is 15.8. The fourth-order valence-corrected chi connectivity index (χ4v) is 4.05. The van der Waals surface area contributed by atoms with Gasteiger partial charge in [0.2, 0.25) is 5.91 Å². The second-order valence-electron chi connectivity index (χ2n) is 6.78. The zero-order valence-corrected chi connectivity index (χ0v) is 16.6. The van der Waals surface area contributed by atoms with E-state index in [-0.39, 0.29) is 5.91 Å². The van der Waals surface area contributed by atoms with Gasteiger partial charge in [0.25, 0.3) is 0 Å². The summed E-state index contributed by atoms with van der Waals surface area (Å²) < 4.78 is 11.0. The van der Waals surface area contributed by atoms with Gasteiger partial charge in [-0.3, -0.25) is 4.79 Å². The number of nitrogens with one attached hydrogen (secondary N) is 1. The molecule has 1 aromatic heterocycles. The van der Waals surface area contributed by atoms with Crippen molar-refractivity contribution in [2.24, 2.45) is 0 Å². The molecule has 1 amide bonds. The van der Waals surface area contributed by atoms with Crippen LogP contribution in [0.5, 0.6) is 0 Å². The highest BCUT2D eigenvalue weighted by atomic mass is 32.1. The van der Waals surface area contributed by atoms with E-state index < -0.39 is 0 Å². The van der Waals surface area contributed by atoms with Crippen LogP contribution >= 0.6 is 11.3 Å². The quantitative estimate of drug-likeness (QED) is 0.783. The number of thiophene rings is 1. The zero-order chi connectivity index (χ0) is 19.2. The molecule has 3 heterocycles. The highest BCUT2D eigenvalue weighted by Gasteiger charge is 2.19. The molecule has 0 spiro atoms. The van der Waals surface area contributed by atoms with Crippen molar-refractivity contribution in [3.05, 3.63) is 46.7 Å². The predicted octanol–water partition coefficient (Wildman–Crippen LogP) is 3.07. The predicted molar refractivity (Wildman–Crippen MR) is 114 cm³/mol. The summed E-state index contributed by atoms with van der Waals surface area (Å²) >= 11 is 1.62. The van der Waals surface area contributed by atoms with Crippen LogP contribution in [0.1, 0.15) is 5.56 Å². The molecular formula is C21H25N3O3S. The number of hydrogen-bond donors (Lipinski definition) is 1. The minimum atomic E-state index is -0.125. The second-order valence-corrected chi connectivity index (χ2v) is 7.56. The second kappa shape index (κ2) is 9.23. The molecule has 2 saturated heterocycles. The van der Waals surface area contributed by atoms with Crippen LogP contribution in [0.3, 0.4) is 0 Å². The third kappa shape index (κ3) is 4.73. The lowest BCUT2D eigenvalue weighted by molar-refractivity contribution is -0.111. The van der Waals surface area contributed by atoms with Gasteiger partial charge in [0.05, 0.1) is 37.8 Å². The highest BCUT2D eigenvalue weighted by Crippen LogP contribution is 2.32. The van der Waals surface area contributed by atoms with Crippen molar-refractivity contribution in [3.63, 3.8) is 0 Å². The molecule has 2 aliphatic rings. The van der Waals surface area contributed by atoms with E-state index in [4.69, 9.17) is 9.47 Å². The number of nitrogens with zero attached hydrogens (tertiary/aromatic N) is 2. The fourth-order valence-electron chi connectivity index (χ4n) is 3.43. The number of carbonyl (C=O) groups excluding carboxylic acids is 1. The minimum absolute atomic E-state index is 0.125. The molecule has 7 heteroatoms. The summed E-state index contributed by atoms with van der Waals surface area (Å²) in [6.07, 6.45) is 3.42. The maximum atomic E-state index is 12.5. The Morgan fingerprint density at radius 2 is 1.71 bits per heavy atom. The van der Waals surface area contributed by atoms with Crippen LogP contribution in [0.2, 0.25) is 0 Å². The molecule has 0 saturated carbocycles. The van der Waals surface area contributed by atoms with E-state index in [9.17, 15) is 4.79 Å². The summed E-state index contributed by atoms with van der Waals surface area (Å²) in [4.78, 5) is 17.1. The Kier molecular flexibility index (Phi) is 6.26. The van der Waals surface area contributed by atoms with Crippen LogP contribution in [0, 0.1) is 0 Å². The van der Waals surface area contributed by atoms with Gasteiger partial charge in [-0.1, -0.05) is 0 Å². The van der Waals surface area contributed by atoms with Crippen LogP contribution in [-0.4, -0.2) is 58.5 Å². The van der Waals surface area contributed by atoms with Gasteiger partial charge in [0.1, 0.15) is 0 Å². The van der Waals surface area contributed by atoms with Crippen LogP contribution in [-0.2, 0) is 14.3 Å². The van der Waals surface area contributed by atoms with E-state index in [1.807, 2.05) is 29.0 Å². The first-order chi connectivity index (χ1) is 13.8. The van der Waals surface area contributed by atoms with Crippen molar-refractivity contribution < 1.29 is 14.3 Å². The monoisotopic (exact) mass is 399 g/mol. The van der Waals surface area contributed by atoms with Crippen molar-refractivity contribution in [1.29, 1.82) is 0 Å². The van der Waals surface area contributed by atoms with Gasteiger partial charge in [-0.25, -0.2) is 0 Å². The molecule has 6 nitrogen and oxygen atoms in total. The van der Waals surface area contributed by atoms with E-state index in [1.54, 1.807) is 17.4 Å². The standard InChI is InChI=1S/C21H25N3O3S/c25-21(4-1-17-5-14-28-16-17)22-19-3-2-18(23-6-10-26-11-7-23)15-20(19)24-8-12-27-13-9-24/h1-5,14-16H,6-13H2,(H,22,25)/b4-1+. The maximum absolute atomic E-state index is 12.5. The molecule has 1 aromatic carbocycles. The normalized spacial score (nSPS) is 17.9. The van der Waals surface area contributed by atoms with Crippen LogP contribution in [0.25, 0.3) is 6.08 Å². The molecule has 0 aliphatic carbocycles. The lowest BCUT2D eigenvalue weighted by Crippen LogP contribution is -2.38. The first-order valence-corrected chi connectivity index (χ1v) is 10.5. The van der Waals surface area contributed by atoms with Crippen molar-refractivity contribution in [2.45, 2.75) is 0 Å². The molecule has 0 atom stereocenters. The molecule has 148 valence electrons. The highest BCUT2D eigenvalue weighted by molar-refractivity contribution is 7.08. The Morgan fingerprint density at radius 3 is 2.39 bits per heavy atom. The Labute approximate surface area is 169 Å². The molecule has 28 heavy (non-hydrogen) atoms. The largest absolute Gasteiger partial charge is 0.378 e. The fraction of sp³-hybridized carbons (Fsp3) is 0.381. The summed E-state index contributed by atoms with van der Waals surface area (Å²) in [5, 5.41) is 7.06. The molecule has 2 fully saturated rings. The van der Waals surface area contributed by atoms with E-state index in [0.29, 0.717) is 13.2 Å². The number of carbonyl (C=O) groups is 1. The molecule has 0 unspecified atom stereocenters. The van der Waals surface area contributed by atoms with Gasteiger partial charge in [-0.15, -0.1) is 0 Å². The van der Waals surface area contributed by atoms with Gasteiger partial charge in [0, 0.05) is 37.9 Å². The van der Waals surface area contributed by atoms with Crippen molar-refractivity contribution in [3.8, 4) is 0 Å². The Morgan fingerprint density at radius 1 is 1.00 bits per heavy atom. The maximum Gasteiger partial charge on any atom is 0.248 e. The van der Waals surface area contributed by atoms with Crippen molar-refractivity contribution in [1.82, 2.24) is 0 Å².